The van der Waals surface area contributed by atoms with Crippen LogP contribution in [0.3, 0.4) is 0 Å². The van der Waals surface area contributed by atoms with Gasteiger partial charge in [0.15, 0.2) is 0 Å². The van der Waals surface area contributed by atoms with Gasteiger partial charge in [-0.05, 0) is 24.7 Å². The summed E-state index contributed by atoms with van der Waals surface area (Å²) in [6.07, 6.45) is 3.22. The maximum atomic E-state index is 8.85. The molecule has 2 atom stereocenters. The summed E-state index contributed by atoms with van der Waals surface area (Å²) < 4.78 is 0. The smallest absolute Gasteiger partial charge is 0.121 e. The van der Waals surface area contributed by atoms with Gasteiger partial charge in [0, 0.05) is 6.42 Å². The Labute approximate surface area is 80.2 Å². The van der Waals surface area contributed by atoms with Gasteiger partial charge in [0.05, 0.1) is 6.04 Å². The molecule has 0 aromatic heterocycles. The molecular weight excluding hydrogens is 164 g/mol. The third kappa shape index (κ3) is 2.99. The number of aliphatic imine (C=N–C) groups is 1. The van der Waals surface area contributed by atoms with Gasteiger partial charge in [-0.25, -0.2) is 0 Å². The Morgan fingerprint density at radius 3 is 2.69 bits per heavy atom. The van der Waals surface area contributed by atoms with Crippen molar-refractivity contribution in [2.75, 3.05) is 0 Å². The molecule has 0 radical (unpaired) electrons. The van der Waals surface area contributed by atoms with Crippen molar-refractivity contribution in [3.8, 4) is 0 Å². The molecule has 0 aromatic carbocycles. The summed E-state index contributed by atoms with van der Waals surface area (Å²) in [6.45, 7) is 6.56. The van der Waals surface area contributed by atoms with Crippen LogP contribution in [0.1, 0.15) is 40.0 Å². The number of nitrogens with zero attached hydrogens (tertiary/aromatic N) is 1. The monoisotopic (exact) mass is 184 g/mol. The second-order valence-corrected chi connectivity index (χ2v) is 4.39. The number of rotatable bonds is 1. The van der Waals surface area contributed by atoms with Crippen molar-refractivity contribution in [2.24, 2.45) is 16.8 Å². The van der Waals surface area contributed by atoms with E-state index >= 15 is 0 Å². The topological polar surface area (TPSA) is 44.6 Å². The highest BCUT2D eigenvalue weighted by Gasteiger charge is 2.19. The molecule has 1 heterocycles. The summed E-state index contributed by atoms with van der Waals surface area (Å²) in [5, 5.41) is 8.85. The zero-order valence-electron chi connectivity index (χ0n) is 8.75. The van der Waals surface area contributed by atoms with Crippen LogP contribution in [0.25, 0.3) is 0 Å². The average Bonchev–Trinajstić information content (AvgIpc) is 2.26. The van der Waals surface area contributed by atoms with Crippen molar-refractivity contribution in [1.29, 1.82) is 0 Å². The molecule has 13 heavy (non-hydrogen) atoms. The van der Waals surface area contributed by atoms with E-state index in [0.717, 1.165) is 18.7 Å². The lowest BCUT2D eigenvalue weighted by Crippen LogP contribution is -2.22. The molecular formula is C10H20N2O. The fraction of sp³-hybridized carbons (Fsp3) is 0.900. The lowest BCUT2D eigenvalue weighted by molar-refractivity contribution is 0.229. The Balaban J connectivity index is 2.67. The Morgan fingerprint density at radius 1 is 1.46 bits per heavy atom. The summed E-state index contributed by atoms with van der Waals surface area (Å²) in [5.74, 6) is 1.94. The number of amidine groups is 1. The van der Waals surface area contributed by atoms with Crippen molar-refractivity contribution in [3.05, 3.63) is 0 Å². The van der Waals surface area contributed by atoms with Gasteiger partial charge in [0.1, 0.15) is 5.84 Å². The molecule has 3 nitrogen and oxygen atoms in total. The Kier molecular flexibility index (Phi) is 3.72. The zero-order valence-corrected chi connectivity index (χ0v) is 8.75. The lowest BCUT2D eigenvalue weighted by Gasteiger charge is -2.14. The molecule has 0 fully saturated rings. The first kappa shape index (κ1) is 10.5. The largest absolute Gasteiger partial charge is 0.290 e. The van der Waals surface area contributed by atoms with Crippen LogP contribution in [0.15, 0.2) is 4.99 Å². The Hall–Kier alpha value is -0.570. The first-order chi connectivity index (χ1) is 6.13. The second-order valence-electron chi connectivity index (χ2n) is 4.39. The van der Waals surface area contributed by atoms with E-state index in [9.17, 15) is 0 Å². The first-order valence-corrected chi connectivity index (χ1v) is 5.10. The minimum absolute atomic E-state index is 0.375. The van der Waals surface area contributed by atoms with E-state index in [1.165, 1.54) is 6.42 Å². The van der Waals surface area contributed by atoms with Gasteiger partial charge < -0.3 is 0 Å². The van der Waals surface area contributed by atoms with E-state index in [1.807, 2.05) is 0 Å². The summed E-state index contributed by atoms with van der Waals surface area (Å²) in [4.78, 5) is 4.50. The van der Waals surface area contributed by atoms with Crippen LogP contribution in [-0.2, 0) is 0 Å². The van der Waals surface area contributed by atoms with E-state index in [4.69, 9.17) is 5.21 Å². The molecule has 1 aliphatic heterocycles. The highest BCUT2D eigenvalue weighted by Crippen LogP contribution is 2.22. The van der Waals surface area contributed by atoms with Gasteiger partial charge in [0.25, 0.3) is 0 Å². The van der Waals surface area contributed by atoms with E-state index in [1.54, 1.807) is 0 Å². The lowest BCUT2D eigenvalue weighted by atomic mass is 9.95. The van der Waals surface area contributed by atoms with Gasteiger partial charge >= 0.3 is 0 Å². The summed E-state index contributed by atoms with van der Waals surface area (Å²) >= 11 is 0. The second kappa shape index (κ2) is 4.61. The van der Waals surface area contributed by atoms with E-state index in [2.05, 4.69) is 31.2 Å². The van der Waals surface area contributed by atoms with Crippen LogP contribution in [0, 0.1) is 11.8 Å². The zero-order chi connectivity index (χ0) is 9.84. The Morgan fingerprint density at radius 2 is 2.15 bits per heavy atom. The minimum Gasteiger partial charge on any atom is -0.290 e. The third-order valence-electron chi connectivity index (χ3n) is 2.72. The summed E-state index contributed by atoms with van der Waals surface area (Å²) in [7, 11) is 0. The molecule has 1 rings (SSSR count). The molecule has 0 bridgehead atoms. The van der Waals surface area contributed by atoms with Gasteiger partial charge in [-0.3, -0.25) is 15.7 Å². The number of hydrogen-bond donors (Lipinski definition) is 2. The van der Waals surface area contributed by atoms with Crippen LogP contribution < -0.4 is 5.48 Å². The van der Waals surface area contributed by atoms with Gasteiger partial charge in [-0.2, -0.15) is 0 Å². The van der Waals surface area contributed by atoms with Crippen molar-refractivity contribution >= 4 is 5.84 Å². The molecule has 0 amide bonds. The molecule has 0 aromatic rings. The van der Waals surface area contributed by atoms with Gasteiger partial charge in [-0.1, -0.05) is 20.8 Å². The molecule has 0 unspecified atom stereocenters. The fourth-order valence-electron chi connectivity index (χ4n) is 1.76. The van der Waals surface area contributed by atoms with Crippen LogP contribution in [-0.4, -0.2) is 17.1 Å². The molecule has 1 aliphatic rings. The van der Waals surface area contributed by atoms with Crippen molar-refractivity contribution < 1.29 is 5.21 Å². The first-order valence-electron chi connectivity index (χ1n) is 5.10. The molecule has 2 N–H and O–H groups in total. The average molecular weight is 184 g/mol. The van der Waals surface area contributed by atoms with Crippen molar-refractivity contribution in [2.45, 2.75) is 46.1 Å². The number of hydrogen-bond acceptors (Lipinski definition) is 3. The number of hydroxylamine groups is 1. The van der Waals surface area contributed by atoms with Gasteiger partial charge in [0.2, 0.25) is 0 Å². The van der Waals surface area contributed by atoms with Crippen LogP contribution in [0.4, 0.5) is 0 Å². The summed E-state index contributed by atoms with van der Waals surface area (Å²) in [5.41, 5.74) is 2.21. The normalized spacial score (nSPS) is 29.8. The quantitative estimate of drug-likeness (QED) is 0.614. The van der Waals surface area contributed by atoms with Crippen LogP contribution >= 0.6 is 0 Å². The van der Waals surface area contributed by atoms with E-state index in [-0.39, 0.29) is 0 Å². The predicted molar refractivity (Wildman–Crippen MR) is 54.0 cm³/mol. The number of nitrogens with one attached hydrogen (secondary N) is 1. The maximum absolute atomic E-state index is 8.85. The highest BCUT2D eigenvalue weighted by molar-refractivity contribution is 5.81. The van der Waals surface area contributed by atoms with E-state index in [0.29, 0.717) is 17.9 Å². The standard InChI is InChI=1S/C10H20N2O/c1-7(2)9-5-4-8(3)6-10(11-9)12-13/h7-9,13H,4-6H2,1-3H3,(H,11,12)/t8-,9+/m1/s1. The molecule has 0 saturated heterocycles. The van der Waals surface area contributed by atoms with Crippen LogP contribution in [0.2, 0.25) is 0 Å². The predicted octanol–water partition coefficient (Wildman–Crippen LogP) is 2.21. The van der Waals surface area contributed by atoms with Gasteiger partial charge in [-0.15, -0.1) is 0 Å². The maximum Gasteiger partial charge on any atom is 0.121 e. The highest BCUT2D eigenvalue weighted by atomic mass is 16.5. The van der Waals surface area contributed by atoms with E-state index < -0.39 is 0 Å². The Bertz CT molecular complexity index is 189. The SMILES string of the molecule is CC(C)[C@@H]1CC[C@@H](C)CC(NO)=N1. The third-order valence-corrected chi connectivity index (χ3v) is 2.72. The molecule has 0 spiro atoms. The minimum atomic E-state index is 0.375. The molecule has 0 aliphatic carbocycles. The fourth-order valence-corrected chi connectivity index (χ4v) is 1.76. The molecule has 3 heteroatoms. The van der Waals surface area contributed by atoms with Crippen molar-refractivity contribution in [1.82, 2.24) is 5.48 Å². The summed E-state index contributed by atoms with van der Waals surface area (Å²) in [6, 6.07) is 0.375. The molecule has 0 saturated carbocycles. The van der Waals surface area contributed by atoms with Crippen LogP contribution in [0.5, 0.6) is 0 Å². The molecule has 76 valence electrons. The van der Waals surface area contributed by atoms with Crippen molar-refractivity contribution in [3.63, 3.8) is 0 Å².